The molecule has 0 saturated carbocycles. The third-order valence-corrected chi connectivity index (χ3v) is 5.91. The van der Waals surface area contributed by atoms with Crippen molar-refractivity contribution >= 4 is 10.0 Å². The Labute approximate surface area is 160 Å². The number of ether oxygens (including phenoxy) is 2. The van der Waals surface area contributed by atoms with Gasteiger partial charge in [-0.15, -0.1) is 13.2 Å². The molecule has 1 aliphatic rings. The maximum Gasteiger partial charge on any atom is 0.573 e. The molecule has 3 rings (SSSR count). The van der Waals surface area contributed by atoms with Gasteiger partial charge in [0, 0.05) is 25.6 Å². The van der Waals surface area contributed by atoms with Crippen molar-refractivity contribution in [1.82, 2.24) is 9.71 Å². The lowest BCUT2D eigenvalue weighted by Gasteiger charge is -2.31. The highest BCUT2D eigenvalue weighted by atomic mass is 32.2. The topological polar surface area (TPSA) is 77.5 Å². The quantitative estimate of drug-likeness (QED) is 0.781. The molecule has 1 aromatic heterocycles. The van der Waals surface area contributed by atoms with Crippen LogP contribution in [-0.4, -0.2) is 33.0 Å². The van der Waals surface area contributed by atoms with Crippen LogP contribution in [0.4, 0.5) is 13.2 Å². The van der Waals surface area contributed by atoms with Crippen LogP contribution in [0.25, 0.3) is 0 Å². The Morgan fingerprint density at radius 1 is 1.14 bits per heavy atom. The van der Waals surface area contributed by atoms with Gasteiger partial charge in [0.1, 0.15) is 10.6 Å². The lowest BCUT2D eigenvalue weighted by atomic mass is 9.88. The zero-order valence-corrected chi connectivity index (χ0v) is 15.5. The average Bonchev–Trinajstić information content (AvgIpc) is 2.67. The van der Waals surface area contributed by atoms with Gasteiger partial charge in [-0.1, -0.05) is 18.2 Å². The van der Waals surface area contributed by atoms with Gasteiger partial charge >= 0.3 is 6.36 Å². The Kier molecular flexibility index (Phi) is 6.21. The number of aromatic nitrogens is 1. The Hall–Kier alpha value is -2.17. The third kappa shape index (κ3) is 5.21. The molecule has 1 aliphatic heterocycles. The molecule has 1 N–H and O–H groups in total. The van der Waals surface area contributed by atoms with Gasteiger partial charge in [-0.25, -0.2) is 13.1 Å². The molecule has 1 fully saturated rings. The van der Waals surface area contributed by atoms with E-state index in [1.165, 1.54) is 12.1 Å². The van der Waals surface area contributed by atoms with E-state index in [2.05, 4.69) is 14.4 Å². The molecule has 2 heterocycles. The van der Waals surface area contributed by atoms with E-state index in [-0.39, 0.29) is 5.92 Å². The minimum absolute atomic E-state index is 0.0802. The molecule has 0 amide bonds. The number of para-hydroxylation sites is 1. The van der Waals surface area contributed by atoms with Gasteiger partial charge in [-0.05, 0) is 42.5 Å². The van der Waals surface area contributed by atoms with Crippen LogP contribution in [0.3, 0.4) is 0 Å². The second kappa shape index (κ2) is 8.46. The van der Waals surface area contributed by atoms with E-state index in [4.69, 9.17) is 4.74 Å². The Bertz CT molecular complexity index is 885. The summed E-state index contributed by atoms with van der Waals surface area (Å²) in [5, 5.41) is 0. The van der Waals surface area contributed by atoms with Gasteiger partial charge in [0.2, 0.25) is 10.0 Å². The summed E-state index contributed by atoms with van der Waals surface area (Å²) in [6.45, 7) is 0.966. The van der Waals surface area contributed by atoms with Crippen LogP contribution in [0, 0.1) is 5.92 Å². The van der Waals surface area contributed by atoms with Crippen LogP contribution in [0.15, 0.2) is 53.7 Å². The van der Waals surface area contributed by atoms with Gasteiger partial charge < -0.3 is 9.47 Å². The number of nitrogens with zero attached hydrogens (tertiary/aromatic N) is 1. The predicted molar refractivity (Wildman–Crippen MR) is 94.0 cm³/mol. The number of halogens is 3. The lowest BCUT2D eigenvalue weighted by Crippen LogP contribution is -2.36. The molecule has 0 radical (unpaired) electrons. The monoisotopic (exact) mass is 416 g/mol. The molecule has 6 nitrogen and oxygen atoms in total. The molecule has 1 aromatic carbocycles. The minimum Gasteiger partial charge on any atom is -0.404 e. The fourth-order valence-electron chi connectivity index (χ4n) is 3.16. The summed E-state index contributed by atoms with van der Waals surface area (Å²) in [6.07, 6.45) is -0.674. The normalized spacial score (nSPS) is 17.2. The van der Waals surface area contributed by atoms with Crippen molar-refractivity contribution in [1.29, 1.82) is 0 Å². The molecule has 2 aromatic rings. The first kappa shape index (κ1) is 20.6. The van der Waals surface area contributed by atoms with E-state index in [1.54, 1.807) is 24.5 Å². The fraction of sp³-hybridized carbons (Fsp3) is 0.389. The molecule has 0 bridgehead atoms. The maximum absolute atomic E-state index is 13.0. The minimum atomic E-state index is -5.00. The summed E-state index contributed by atoms with van der Waals surface area (Å²) in [5.74, 6) is -0.858. The van der Waals surface area contributed by atoms with Crippen LogP contribution < -0.4 is 9.46 Å². The summed E-state index contributed by atoms with van der Waals surface area (Å²) in [5.41, 5.74) is 0.632. The van der Waals surface area contributed by atoms with E-state index < -0.39 is 33.1 Å². The van der Waals surface area contributed by atoms with Gasteiger partial charge in [-0.2, -0.15) is 0 Å². The molecule has 0 spiro atoms. The van der Waals surface area contributed by atoms with Crippen molar-refractivity contribution in [2.45, 2.75) is 30.1 Å². The standard InChI is InChI=1S/C18H19F3N2O4S/c19-18(20,21)27-15-5-1-2-6-16(15)28(24,25)23-17(13-7-10-26-11-8-13)14-4-3-9-22-12-14/h1-6,9,12-13,17,23H,7-8,10-11H2. The smallest absolute Gasteiger partial charge is 0.404 e. The highest BCUT2D eigenvalue weighted by Gasteiger charge is 2.36. The number of alkyl halides is 3. The van der Waals surface area contributed by atoms with E-state index in [0.29, 0.717) is 31.6 Å². The molecule has 1 unspecified atom stereocenters. The van der Waals surface area contributed by atoms with Crippen LogP contribution in [-0.2, 0) is 14.8 Å². The number of sulfonamides is 1. The van der Waals surface area contributed by atoms with Crippen LogP contribution in [0.1, 0.15) is 24.4 Å². The molecule has 0 aliphatic carbocycles. The summed E-state index contributed by atoms with van der Waals surface area (Å²) >= 11 is 0. The van der Waals surface area contributed by atoms with E-state index in [0.717, 1.165) is 12.1 Å². The van der Waals surface area contributed by atoms with Gasteiger partial charge in [-0.3, -0.25) is 4.98 Å². The first-order valence-electron chi connectivity index (χ1n) is 8.61. The first-order chi connectivity index (χ1) is 13.3. The second-order valence-corrected chi connectivity index (χ2v) is 8.01. The summed E-state index contributed by atoms with van der Waals surface area (Å²) in [6, 6.07) is 7.41. The first-order valence-corrected chi connectivity index (χ1v) is 10.1. The fourth-order valence-corrected chi connectivity index (χ4v) is 4.58. The molecule has 28 heavy (non-hydrogen) atoms. The number of rotatable bonds is 6. The van der Waals surface area contributed by atoms with Crippen molar-refractivity contribution in [2.75, 3.05) is 13.2 Å². The van der Waals surface area contributed by atoms with Crippen molar-refractivity contribution in [3.05, 3.63) is 54.4 Å². The zero-order chi connectivity index (χ0) is 20.2. The third-order valence-electron chi connectivity index (χ3n) is 4.43. The Balaban J connectivity index is 1.94. The molecular formula is C18H19F3N2O4S. The molecule has 152 valence electrons. The number of hydrogen-bond acceptors (Lipinski definition) is 5. The molecular weight excluding hydrogens is 397 g/mol. The zero-order valence-electron chi connectivity index (χ0n) is 14.7. The van der Waals surface area contributed by atoms with E-state index in [9.17, 15) is 21.6 Å². The van der Waals surface area contributed by atoms with E-state index in [1.807, 2.05) is 0 Å². The number of hydrogen-bond donors (Lipinski definition) is 1. The lowest BCUT2D eigenvalue weighted by molar-refractivity contribution is -0.275. The van der Waals surface area contributed by atoms with Crippen molar-refractivity contribution < 1.29 is 31.1 Å². The van der Waals surface area contributed by atoms with Gasteiger partial charge in [0.15, 0.2) is 0 Å². The number of pyridine rings is 1. The molecule has 1 saturated heterocycles. The van der Waals surface area contributed by atoms with Gasteiger partial charge in [0.25, 0.3) is 0 Å². The van der Waals surface area contributed by atoms with Crippen LogP contribution in [0.2, 0.25) is 0 Å². The Morgan fingerprint density at radius 3 is 2.50 bits per heavy atom. The predicted octanol–water partition coefficient (Wildman–Crippen LogP) is 3.43. The molecule has 10 heteroatoms. The van der Waals surface area contributed by atoms with Crippen LogP contribution >= 0.6 is 0 Å². The largest absolute Gasteiger partial charge is 0.573 e. The highest BCUT2D eigenvalue weighted by Crippen LogP contribution is 2.34. The summed E-state index contributed by atoms with van der Waals surface area (Å²) in [7, 11) is -4.30. The van der Waals surface area contributed by atoms with Gasteiger partial charge in [0.05, 0.1) is 6.04 Å². The second-order valence-electron chi connectivity index (χ2n) is 6.33. The Morgan fingerprint density at radius 2 is 1.86 bits per heavy atom. The summed E-state index contributed by atoms with van der Waals surface area (Å²) < 4.78 is 75.7. The summed E-state index contributed by atoms with van der Waals surface area (Å²) in [4.78, 5) is 3.45. The SMILES string of the molecule is O=S(=O)(NC(c1cccnc1)C1CCOCC1)c1ccccc1OC(F)(F)F. The van der Waals surface area contributed by atoms with Crippen molar-refractivity contribution in [3.8, 4) is 5.75 Å². The van der Waals surface area contributed by atoms with Crippen molar-refractivity contribution in [2.24, 2.45) is 5.92 Å². The number of nitrogens with one attached hydrogen (secondary N) is 1. The average molecular weight is 416 g/mol. The highest BCUT2D eigenvalue weighted by molar-refractivity contribution is 7.89. The van der Waals surface area contributed by atoms with E-state index >= 15 is 0 Å². The molecule has 1 atom stereocenters. The van der Waals surface area contributed by atoms with Crippen LogP contribution in [0.5, 0.6) is 5.75 Å². The number of benzene rings is 1. The van der Waals surface area contributed by atoms with Crippen molar-refractivity contribution in [3.63, 3.8) is 0 Å². The maximum atomic E-state index is 13.0.